The van der Waals surface area contributed by atoms with Gasteiger partial charge in [-0.15, -0.1) is 0 Å². The van der Waals surface area contributed by atoms with Gasteiger partial charge in [0.25, 0.3) is 0 Å². The summed E-state index contributed by atoms with van der Waals surface area (Å²) >= 11 is 0. The van der Waals surface area contributed by atoms with Gasteiger partial charge in [-0.3, -0.25) is 4.79 Å². The lowest BCUT2D eigenvalue weighted by molar-refractivity contribution is -0.117. The largest absolute Gasteiger partial charge is 0.401 e. The predicted molar refractivity (Wildman–Crippen MR) is 77.7 cm³/mol. The first kappa shape index (κ1) is 15.5. The summed E-state index contributed by atoms with van der Waals surface area (Å²) in [6, 6.07) is 0. The molecule has 0 amide bonds. The molecule has 19 heavy (non-hydrogen) atoms. The first-order valence-electron chi connectivity index (χ1n) is 6.73. The first-order valence-corrected chi connectivity index (χ1v) is 6.73. The lowest BCUT2D eigenvalue weighted by Gasteiger charge is -2.30. The van der Waals surface area contributed by atoms with Gasteiger partial charge in [0.15, 0.2) is 5.78 Å². The zero-order chi connectivity index (χ0) is 14.5. The van der Waals surface area contributed by atoms with Gasteiger partial charge in [0, 0.05) is 12.1 Å². The van der Waals surface area contributed by atoms with E-state index in [2.05, 4.69) is 25.6 Å². The Bertz CT molecular complexity index is 420. The molecular formula is C15H24N2O2. The van der Waals surface area contributed by atoms with Crippen LogP contribution in [0, 0.1) is 5.41 Å². The molecule has 0 aromatic carbocycles. The molecule has 0 fully saturated rings. The number of ketones is 1. The van der Waals surface area contributed by atoms with E-state index in [9.17, 15) is 4.79 Å². The van der Waals surface area contributed by atoms with E-state index in [0.717, 1.165) is 12.8 Å². The summed E-state index contributed by atoms with van der Waals surface area (Å²) in [4.78, 5) is 17.4. The highest BCUT2D eigenvalue weighted by atomic mass is 16.6. The van der Waals surface area contributed by atoms with Gasteiger partial charge in [-0.2, -0.15) is 0 Å². The Kier molecular flexibility index (Phi) is 5.33. The van der Waals surface area contributed by atoms with Crippen LogP contribution >= 0.6 is 0 Å². The molecule has 0 bridgehead atoms. The summed E-state index contributed by atoms with van der Waals surface area (Å²) in [7, 11) is 0. The van der Waals surface area contributed by atoms with Crippen molar-refractivity contribution in [2.24, 2.45) is 16.3 Å². The molecule has 1 rings (SSSR count). The van der Waals surface area contributed by atoms with Crippen molar-refractivity contribution in [1.82, 2.24) is 0 Å². The summed E-state index contributed by atoms with van der Waals surface area (Å²) < 4.78 is 0. The van der Waals surface area contributed by atoms with Gasteiger partial charge in [0.05, 0.1) is 11.3 Å². The monoisotopic (exact) mass is 264 g/mol. The average Bonchev–Trinajstić information content (AvgIpc) is 2.26. The van der Waals surface area contributed by atoms with Crippen LogP contribution < -0.4 is 5.73 Å². The number of rotatable bonds is 6. The van der Waals surface area contributed by atoms with Crippen LogP contribution in [0.4, 0.5) is 0 Å². The van der Waals surface area contributed by atoms with Crippen LogP contribution in [-0.4, -0.2) is 18.1 Å². The smallest absolute Gasteiger partial charge is 0.167 e. The number of allylic oxidation sites excluding steroid dienone is 2. The predicted octanol–water partition coefficient (Wildman–Crippen LogP) is 2.95. The molecule has 0 spiro atoms. The third kappa shape index (κ3) is 4.23. The van der Waals surface area contributed by atoms with Crippen molar-refractivity contribution in [3.8, 4) is 0 Å². The Morgan fingerprint density at radius 3 is 2.74 bits per heavy atom. The molecule has 2 N–H and O–H groups in total. The van der Waals surface area contributed by atoms with E-state index >= 15 is 0 Å². The summed E-state index contributed by atoms with van der Waals surface area (Å²) in [6.07, 6.45) is 4.44. The molecule has 4 nitrogen and oxygen atoms in total. The maximum atomic E-state index is 12.3. The van der Waals surface area contributed by atoms with E-state index in [1.54, 1.807) is 6.08 Å². The summed E-state index contributed by atoms with van der Waals surface area (Å²) in [5, 5.41) is 4.06. The standard InChI is InChI=1S/C15H24N2O2/c1-5-7-12(17-19-8-6-2)14-11(16)9-15(3,4)10-13(14)18/h6H,2,5,7-10,16H2,1,3-4H3. The molecular weight excluding hydrogens is 240 g/mol. The molecule has 0 aromatic heterocycles. The fourth-order valence-electron chi connectivity index (χ4n) is 2.34. The Morgan fingerprint density at radius 2 is 2.21 bits per heavy atom. The van der Waals surface area contributed by atoms with Crippen LogP contribution in [0.5, 0.6) is 0 Å². The van der Waals surface area contributed by atoms with E-state index in [1.165, 1.54) is 0 Å². The van der Waals surface area contributed by atoms with Crippen LogP contribution in [0.1, 0.15) is 46.5 Å². The number of nitrogens with two attached hydrogens (primary N) is 1. The number of nitrogens with zero attached hydrogens (tertiary/aromatic N) is 1. The van der Waals surface area contributed by atoms with Crippen molar-refractivity contribution in [3.63, 3.8) is 0 Å². The molecule has 0 heterocycles. The van der Waals surface area contributed by atoms with Gasteiger partial charge >= 0.3 is 0 Å². The van der Waals surface area contributed by atoms with Crippen LogP contribution in [0.3, 0.4) is 0 Å². The molecule has 0 aromatic rings. The zero-order valence-electron chi connectivity index (χ0n) is 12.2. The van der Waals surface area contributed by atoms with E-state index in [-0.39, 0.29) is 11.2 Å². The number of hydrogen-bond donors (Lipinski definition) is 1. The lowest BCUT2D eigenvalue weighted by Crippen LogP contribution is -2.32. The van der Waals surface area contributed by atoms with Gasteiger partial charge in [-0.25, -0.2) is 0 Å². The molecule has 0 saturated heterocycles. The van der Waals surface area contributed by atoms with Crippen molar-refractivity contribution in [2.75, 3.05) is 6.61 Å². The molecule has 1 aliphatic rings. The SMILES string of the molecule is C=CCON=C(CCC)C1=C(N)CC(C)(C)CC1=O. The molecule has 0 unspecified atom stereocenters. The van der Waals surface area contributed by atoms with Crippen LogP contribution in [-0.2, 0) is 9.63 Å². The minimum absolute atomic E-state index is 0.0655. The lowest BCUT2D eigenvalue weighted by atomic mass is 9.74. The van der Waals surface area contributed by atoms with Crippen LogP contribution in [0.15, 0.2) is 29.1 Å². The highest BCUT2D eigenvalue weighted by molar-refractivity contribution is 6.23. The number of hydrogen-bond acceptors (Lipinski definition) is 4. The minimum atomic E-state index is -0.0655. The van der Waals surface area contributed by atoms with E-state index < -0.39 is 0 Å². The molecule has 1 aliphatic carbocycles. The van der Waals surface area contributed by atoms with Gasteiger partial charge in [-0.1, -0.05) is 45.0 Å². The van der Waals surface area contributed by atoms with Gasteiger partial charge in [0.2, 0.25) is 0 Å². The van der Waals surface area contributed by atoms with E-state index in [0.29, 0.717) is 36.4 Å². The second-order valence-electron chi connectivity index (χ2n) is 5.71. The van der Waals surface area contributed by atoms with Crippen molar-refractivity contribution >= 4 is 11.5 Å². The maximum Gasteiger partial charge on any atom is 0.167 e. The molecule has 0 radical (unpaired) electrons. The van der Waals surface area contributed by atoms with E-state index in [4.69, 9.17) is 10.6 Å². The maximum absolute atomic E-state index is 12.3. The molecule has 0 atom stereocenters. The van der Waals surface area contributed by atoms with E-state index in [1.807, 2.05) is 6.92 Å². The second-order valence-corrected chi connectivity index (χ2v) is 5.71. The summed E-state index contributed by atoms with van der Waals surface area (Å²) in [5.41, 5.74) is 7.90. The van der Waals surface area contributed by atoms with Gasteiger partial charge < -0.3 is 10.6 Å². The number of Topliss-reactive ketones (excluding diaryl/α,β-unsaturated/α-hetero) is 1. The molecule has 4 heteroatoms. The van der Waals surface area contributed by atoms with Crippen molar-refractivity contribution < 1.29 is 9.63 Å². The third-order valence-corrected chi connectivity index (χ3v) is 3.05. The molecule has 106 valence electrons. The second kappa shape index (κ2) is 6.55. The fraction of sp³-hybridized carbons (Fsp3) is 0.600. The summed E-state index contributed by atoms with van der Waals surface area (Å²) in [5.74, 6) is 0.0724. The van der Waals surface area contributed by atoms with Crippen molar-refractivity contribution in [3.05, 3.63) is 23.9 Å². The fourth-order valence-corrected chi connectivity index (χ4v) is 2.34. The Labute approximate surface area is 115 Å². The minimum Gasteiger partial charge on any atom is -0.401 e. The molecule has 0 saturated carbocycles. The first-order chi connectivity index (χ1) is 8.91. The number of oxime groups is 1. The Hall–Kier alpha value is -1.58. The van der Waals surface area contributed by atoms with Gasteiger partial charge in [-0.05, 0) is 18.3 Å². The Balaban J connectivity index is 3.03. The molecule has 0 aliphatic heterocycles. The zero-order valence-corrected chi connectivity index (χ0v) is 12.2. The normalized spacial score (nSPS) is 19.5. The van der Waals surface area contributed by atoms with Crippen molar-refractivity contribution in [2.45, 2.75) is 46.5 Å². The average molecular weight is 264 g/mol. The highest BCUT2D eigenvalue weighted by Gasteiger charge is 2.33. The number of carbonyl (C=O) groups excluding carboxylic acids is 1. The van der Waals surface area contributed by atoms with Crippen LogP contribution in [0.25, 0.3) is 0 Å². The summed E-state index contributed by atoms with van der Waals surface area (Å²) in [6.45, 7) is 10.0. The Morgan fingerprint density at radius 1 is 1.53 bits per heavy atom. The van der Waals surface area contributed by atoms with Crippen LogP contribution in [0.2, 0.25) is 0 Å². The van der Waals surface area contributed by atoms with Gasteiger partial charge in [0.1, 0.15) is 6.61 Å². The third-order valence-electron chi connectivity index (χ3n) is 3.05. The van der Waals surface area contributed by atoms with Crippen molar-refractivity contribution in [1.29, 1.82) is 0 Å². The quantitative estimate of drug-likeness (QED) is 0.347. The topological polar surface area (TPSA) is 64.7 Å². The number of carbonyl (C=O) groups is 1. The highest BCUT2D eigenvalue weighted by Crippen LogP contribution is 2.35.